The maximum absolute atomic E-state index is 6.05. The summed E-state index contributed by atoms with van der Waals surface area (Å²) >= 11 is 0. The van der Waals surface area contributed by atoms with Crippen LogP contribution in [0.2, 0.25) is 0 Å². The molecule has 2 N–H and O–H groups in total. The quantitative estimate of drug-likeness (QED) is 0.877. The van der Waals surface area contributed by atoms with Crippen molar-refractivity contribution in [2.24, 2.45) is 10.7 Å². The lowest BCUT2D eigenvalue weighted by atomic mass is 10.0. The predicted octanol–water partition coefficient (Wildman–Crippen LogP) is 1.63. The normalized spacial score (nSPS) is 22.5. The number of nitrogens with two attached hydrogens (primary N) is 1. The van der Waals surface area contributed by atoms with E-state index < -0.39 is 0 Å². The highest BCUT2D eigenvalue weighted by Crippen LogP contribution is 2.35. The van der Waals surface area contributed by atoms with E-state index in [4.69, 9.17) is 15.2 Å². The van der Waals surface area contributed by atoms with Gasteiger partial charge in [-0.1, -0.05) is 12.1 Å². The molecule has 0 aliphatic carbocycles. The Balaban J connectivity index is 2.36. The minimum Gasteiger partial charge on any atom is -0.495 e. The third-order valence-electron chi connectivity index (χ3n) is 3.29. The molecule has 5 heteroatoms. The Morgan fingerprint density at radius 2 is 2.16 bits per heavy atom. The van der Waals surface area contributed by atoms with E-state index in [9.17, 15) is 0 Å². The van der Waals surface area contributed by atoms with E-state index in [1.807, 2.05) is 36.1 Å². The van der Waals surface area contributed by atoms with Crippen LogP contribution in [0, 0.1) is 0 Å². The Hall–Kier alpha value is -1.75. The van der Waals surface area contributed by atoms with Gasteiger partial charge in [-0.15, -0.1) is 0 Å². The number of rotatable bonds is 5. The summed E-state index contributed by atoms with van der Waals surface area (Å²) in [6.07, 6.45) is 0. The van der Waals surface area contributed by atoms with Crippen LogP contribution in [0.1, 0.15) is 13.8 Å². The third kappa shape index (κ3) is 2.51. The van der Waals surface area contributed by atoms with Gasteiger partial charge in [0.05, 0.1) is 31.5 Å². The number of nitrogens with zero attached hydrogens (tertiary/aromatic N) is 2. The number of guanidine groups is 1. The van der Waals surface area contributed by atoms with Crippen LogP contribution in [0.5, 0.6) is 5.75 Å². The van der Waals surface area contributed by atoms with Crippen molar-refractivity contribution in [1.29, 1.82) is 0 Å². The Morgan fingerprint density at radius 3 is 2.84 bits per heavy atom. The van der Waals surface area contributed by atoms with E-state index in [0.717, 1.165) is 11.4 Å². The van der Waals surface area contributed by atoms with Crippen molar-refractivity contribution in [3.8, 4) is 5.75 Å². The second-order valence-corrected chi connectivity index (χ2v) is 4.82. The molecule has 2 rings (SSSR count). The monoisotopic (exact) mass is 263 g/mol. The van der Waals surface area contributed by atoms with Gasteiger partial charge in [0.1, 0.15) is 5.75 Å². The van der Waals surface area contributed by atoms with E-state index in [2.05, 4.69) is 11.9 Å². The van der Waals surface area contributed by atoms with Gasteiger partial charge in [0.15, 0.2) is 5.96 Å². The largest absolute Gasteiger partial charge is 0.495 e. The molecule has 0 amide bonds. The molecule has 1 aliphatic rings. The second-order valence-electron chi connectivity index (χ2n) is 4.82. The first-order chi connectivity index (χ1) is 9.12. The molecule has 0 saturated heterocycles. The second kappa shape index (κ2) is 5.48. The fraction of sp³-hybridized carbons (Fsp3) is 0.500. The number of hydrogen-bond acceptors (Lipinski definition) is 5. The highest BCUT2D eigenvalue weighted by molar-refractivity contribution is 5.99. The van der Waals surface area contributed by atoms with Crippen LogP contribution in [0.15, 0.2) is 29.3 Å². The van der Waals surface area contributed by atoms with Crippen molar-refractivity contribution in [2.75, 3.05) is 31.8 Å². The van der Waals surface area contributed by atoms with Crippen LogP contribution in [-0.4, -0.2) is 38.4 Å². The minimum absolute atomic E-state index is 0.269. The van der Waals surface area contributed by atoms with Crippen LogP contribution in [0.3, 0.4) is 0 Å². The molecule has 1 aliphatic heterocycles. The maximum atomic E-state index is 6.05. The first-order valence-corrected chi connectivity index (χ1v) is 6.43. The number of anilines is 1. The van der Waals surface area contributed by atoms with Gasteiger partial charge >= 0.3 is 0 Å². The van der Waals surface area contributed by atoms with E-state index in [0.29, 0.717) is 25.7 Å². The van der Waals surface area contributed by atoms with Crippen molar-refractivity contribution in [3.63, 3.8) is 0 Å². The van der Waals surface area contributed by atoms with Crippen molar-refractivity contribution in [3.05, 3.63) is 24.3 Å². The Morgan fingerprint density at radius 1 is 1.42 bits per heavy atom. The molecule has 0 fully saturated rings. The Labute approximate surface area is 114 Å². The number of ether oxygens (including phenoxy) is 2. The fourth-order valence-electron chi connectivity index (χ4n) is 2.33. The number of aliphatic imine (C=N–C) groups is 1. The third-order valence-corrected chi connectivity index (χ3v) is 3.29. The summed E-state index contributed by atoms with van der Waals surface area (Å²) < 4.78 is 11.0. The van der Waals surface area contributed by atoms with Gasteiger partial charge in [0.2, 0.25) is 0 Å². The molecular formula is C14H21N3O2. The standard InChI is InChI=1S/C14H21N3O2/c1-4-19-10-14(2)9-16-13(15)17(14)11-7-5-6-8-12(11)18-3/h5-8H,4,9-10H2,1-3H3,(H2,15,16). The lowest BCUT2D eigenvalue weighted by Crippen LogP contribution is -2.53. The SMILES string of the molecule is CCOCC1(C)CN=C(N)N1c1ccccc1OC. The molecule has 0 radical (unpaired) electrons. The summed E-state index contributed by atoms with van der Waals surface area (Å²) in [6.45, 7) is 5.95. The van der Waals surface area contributed by atoms with E-state index >= 15 is 0 Å². The first kappa shape index (κ1) is 13.7. The molecule has 1 aromatic carbocycles. The first-order valence-electron chi connectivity index (χ1n) is 6.43. The highest BCUT2D eigenvalue weighted by Gasteiger charge is 2.40. The molecular weight excluding hydrogens is 242 g/mol. The number of methoxy groups -OCH3 is 1. The molecule has 1 atom stereocenters. The zero-order valence-corrected chi connectivity index (χ0v) is 11.7. The van der Waals surface area contributed by atoms with Gasteiger partial charge in [-0.3, -0.25) is 9.89 Å². The molecule has 0 spiro atoms. The van der Waals surface area contributed by atoms with Crippen molar-refractivity contribution in [1.82, 2.24) is 0 Å². The van der Waals surface area contributed by atoms with E-state index in [1.165, 1.54) is 0 Å². The molecule has 5 nitrogen and oxygen atoms in total. The molecule has 1 unspecified atom stereocenters. The topological polar surface area (TPSA) is 60.1 Å². The van der Waals surface area contributed by atoms with Gasteiger partial charge in [-0.05, 0) is 26.0 Å². The molecule has 0 aromatic heterocycles. The maximum Gasteiger partial charge on any atom is 0.196 e. The van der Waals surface area contributed by atoms with Crippen LogP contribution < -0.4 is 15.4 Å². The van der Waals surface area contributed by atoms with Gasteiger partial charge in [-0.2, -0.15) is 0 Å². The Bertz CT molecular complexity index is 476. The number of hydrogen-bond donors (Lipinski definition) is 1. The minimum atomic E-state index is -0.269. The van der Waals surface area contributed by atoms with Crippen molar-refractivity contribution < 1.29 is 9.47 Å². The molecule has 104 valence electrons. The lowest BCUT2D eigenvalue weighted by molar-refractivity contribution is 0.108. The average Bonchev–Trinajstić information content (AvgIpc) is 2.72. The summed E-state index contributed by atoms with van der Waals surface area (Å²) in [7, 11) is 1.65. The van der Waals surface area contributed by atoms with Crippen molar-refractivity contribution >= 4 is 11.6 Å². The van der Waals surface area contributed by atoms with Crippen LogP contribution in [0.4, 0.5) is 5.69 Å². The lowest BCUT2D eigenvalue weighted by Gasteiger charge is -2.36. The van der Waals surface area contributed by atoms with E-state index in [-0.39, 0.29) is 5.54 Å². The Kier molecular flexibility index (Phi) is 3.95. The van der Waals surface area contributed by atoms with Crippen molar-refractivity contribution in [2.45, 2.75) is 19.4 Å². The number of para-hydroxylation sites is 2. The summed E-state index contributed by atoms with van der Waals surface area (Å²) in [4.78, 5) is 6.36. The van der Waals surface area contributed by atoms with Gasteiger partial charge in [0.25, 0.3) is 0 Å². The molecule has 0 bridgehead atoms. The summed E-state index contributed by atoms with van der Waals surface area (Å²) in [5.41, 5.74) is 6.70. The van der Waals surface area contributed by atoms with Crippen LogP contribution in [0.25, 0.3) is 0 Å². The zero-order chi connectivity index (χ0) is 13.9. The zero-order valence-electron chi connectivity index (χ0n) is 11.7. The van der Waals surface area contributed by atoms with Crippen LogP contribution in [-0.2, 0) is 4.74 Å². The number of benzene rings is 1. The molecule has 19 heavy (non-hydrogen) atoms. The highest BCUT2D eigenvalue weighted by atomic mass is 16.5. The molecule has 1 heterocycles. The van der Waals surface area contributed by atoms with Crippen LogP contribution >= 0.6 is 0 Å². The predicted molar refractivity (Wildman–Crippen MR) is 76.9 cm³/mol. The van der Waals surface area contributed by atoms with Gasteiger partial charge in [-0.25, -0.2) is 0 Å². The molecule has 1 aromatic rings. The molecule has 0 saturated carbocycles. The summed E-state index contributed by atoms with van der Waals surface area (Å²) in [5.74, 6) is 1.29. The summed E-state index contributed by atoms with van der Waals surface area (Å²) in [5, 5.41) is 0. The van der Waals surface area contributed by atoms with Gasteiger partial charge < -0.3 is 15.2 Å². The smallest absolute Gasteiger partial charge is 0.196 e. The van der Waals surface area contributed by atoms with E-state index in [1.54, 1.807) is 7.11 Å². The average molecular weight is 263 g/mol. The summed E-state index contributed by atoms with van der Waals surface area (Å²) in [6, 6.07) is 7.80. The fourth-order valence-corrected chi connectivity index (χ4v) is 2.33. The van der Waals surface area contributed by atoms with Gasteiger partial charge in [0, 0.05) is 6.61 Å².